The van der Waals surface area contributed by atoms with Crippen LogP contribution in [0.2, 0.25) is 0 Å². The number of hydrogen-bond donors (Lipinski definition) is 2. The number of non-ortho nitro benzene ring substituents is 1. The third-order valence-corrected chi connectivity index (χ3v) is 6.74. The lowest BCUT2D eigenvalue weighted by atomic mass is 9.93. The molecule has 8 heteroatoms. The van der Waals surface area contributed by atoms with Crippen molar-refractivity contribution in [3.63, 3.8) is 0 Å². The molecule has 2 fully saturated rings. The molecule has 0 radical (unpaired) electrons. The van der Waals surface area contributed by atoms with E-state index in [1.54, 1.807) is 12.1 Å². The Morgan fingerprint density at radius 3 is 2.24 bits per heavy atom. The van der Waals surface area contributed by atoms with Crippen molar-refractivity contribution in [1.29, 1.82) is 0 Å². The maximum absolute atomic E-state index is 10.7. The monoisotopic (exact) mass is 516 g/mol. The maximum atomic E-state index is 10.7. The summed E-state index contributed by atoms with van der Waals surface area (Å²) in [5, 5.41) is 14.6. The summed E-state index contributed by atoms with van der Waals surface area (Å²) in [6.45, 7) is 2.05. The third kappa shape index (κ3) is 8.44. The first-order valence-corrected chi connectivity index (χ1v) is 12.5. The number of amides is 1. The molecule has 178 valence electrons. The van der Waals surface area contributed by atoms with Gasteiger partial charge in [-0.25, -0.2) is 0 Å². The second-order valence-corrected chi connectivity index (χ2v) is 9.75. The van der Waals surface area contributed by atoms with Crippen molar-refractivity contribution in [2.24, 2.45) is 5.73 Å². The summed E-state index contributed by atoms with van der Waals surface area (Å²) < 4.78 is 1.01. The number of carbonyl (C=O) groups is 1. The van der Waals surface area contributed by atoms with E-state index in [1.165, 1.54) is 44.9 Å². The Morgan fingerprint density at radius 2 is 1.64 bits per heavy atom. The molecule has 0 bridgehead atoms. The number of rotatable bonds is 6. The van der Waals surface area contributed by atoms with Gasteiger partial charge in [-0.15, -0.1) is 0 Å². The number of nitrogens with zero attached hydrogens (tertiary/aromatic N) is 2. The van der Waals surface area contributed by atoms with Gasteiger partial charge in [0, 0.05) is 47.5 Å². The maximum Gasteiger partial charge on any atom is 0.269 e. The normalized spacial score (nSPS) is 18.8. The number of piperidine rings is 1. The van der Waals surface area contributed by atoms with Crippen LogP contribution in [0.15, 0.2) is 53.0 Å². The highest BCUT2D eigenvalue weighted by atomic mass is 79.9. The van der Waals surface area contributed by atoms with Gasteiger partial charge in [0.2, 0.25) is 5.91 Å². The Labute approximate surface area is 204 Å². The summed E-state index contributed by atoms with van der Waals surface area (Å²) in [5.74, 6) is -0.299. The van der Waals surface area contributed by atoms with Crippen LogP contribution in [-0.2, 0) is 11.2 Å². The number of hydrogen-bond acceptors (Lipinski definition) is 5. The van der Waals surface area contributed by atoms with Gasteiger partial charge in [0.15, 0.2) is 0 Å². The summed E-state index contributed by atoms with van der Waals surface area (Å²) >= 11 is 3.30. The number of nitrogens with two attached hydrogens (primary N) is 1. The van der Waals surface area contributed by atoms with Crippen LogP contribution in [0.25, 0.3) is 0 Å². The molecule has 1 saturated carbocycles. The van der Waals surface area contributed by atoms with Gasteiger partial charge in [-0.2, -0.15) is 0 Å². The molecule has 1 aliphatic carbocycles. The van der Waals surface area contributed by atoms with Crippen molar-refractivity contribution in [3.8, 4) is 0 Å². The Balaban J connectivity index is 0.000000235. The van der Waals surface area contributed by atoms with Gasteiger partial charge < -0.3 is 16.0 Å². The highest BCUT2D eigenvalue weighted by Gasteiger charge is 2.23. The fraction of sp³-hybridized carbons (Fsp3) is 0.480. The molecule has 2 aliphatic rings. The van der Waals surface area contributed by atoms with Gasteiger partial charge in [-0.1, -0.05) is 47.3 Å². The van der Waals surface area contributed by atoms with Crippen LogP contribution >= 0.6 is 15.9 Å². The average Bonchev–Trinajstić information content (AvgIpc) is 2.82. The van der Waals surface area contributed by atoms with Crippen LogP contribution < -0.4 is 16.0 Å². The number of nitro benzene ring substituents is 1. The molecular weight excluding hydrogens is 484 g/mol. The molecular formula is C25H33BrN4O3. The number of primary amides is 1. The fourth-order valence-electron chi connectivity index (χ4n) is 4.54. The molecule has 1 saturated heterocycles. The van der Waals surface area contributed by atoms with Crippen LogP contribution in [0, 0.1) is 10.1 Å². The predicted molar refractivity (Wildman–Crippen MR) is 135 cm³/mol. The standard InChI is InChI=1S/C17H25N3O2.C8H8BrNO/c21-20(22)17-10-8-16(9-11-17)19-12-4-7-15(13-19)18-14-5-2-1-3-6-14;9-7-3-1-6(2-4-7)5-8(10)11/h8-11,14-15,18H,1-7,12-13H2;1-4H,5H2,(H2,10,11). The number of nitro groups is 1. The van der Waals surface area contributed by atoms with E-state index in [0.717, 1.165) is 28.8 Å². The van der Waals surface area contributed by atoms with Crippen molar-refractivity contribution in [2.75, 3.05) is 18.0 Å². The first-order chi connectivity index (χ1) is 15.9. The van der Waals surface area contributed by atoms with E-state index in [1.807, 2.05) is 36.4 Å². The highest BCUT2D eigenvalue weighted by molar-refractivity contribution is 9.10. The van der Waals surface area contributed by atoms with Crippen molar-refractivity contribution in [2.45, 2.75) is 63.5 Å². The molecule has 1 heterocycles. The molecule has 7 nitrogen and oxygen atoms in total. The molecule has 1 unspecified atom stereocenters. The average molecular weight is 517 g/mol. The van der Waals surface area contributed by atoms with Gasteiger partial charge in [0.05, 0.1) is 11.3 Å². The summed E-state index contributed by atoms with van der Waals surface area (Å²) in [7, 11) is 0. The number of nitrogens with one attached hydrogen (secondary N) is 1. The smallest absolute Gasteiger partial charge is 0.269 e. The fourth-order valence-corrected chi connectivity index (χ4v) is 4.80. The minimum Gasteiger partial charge on any atom is -0.370 e. The lowest BCUT2D eigenvalue weighted by molar-refractivity contribution is -0.384. The van der Waals surface area contributed by atoms with E-state index < -0.39 is 0 Å². The first kappa shape index (κ1) is 25.2. The topological polar surface area (TPSA) is 102 Å². The Bertz CT molecular complexity index is 899. The van der Waals surface area contributed by atoms with Crippen molar-refractivity contribution < 1.29 is 9.72 Å². The zero-order valence-corrected chi connectivity index (χ0v) is 20.5. The third-order valence-electron chi connectivity index (χ3n) is 6.22. The highest BCUT2D eigenvalue weighted by Crippen LogP contribution is 2.24. The molecule has 0 spiro atoms. The molecule has 0 aromatic heterocycles. The van der Waals surface area contributed by atoms with Crippen molar-refractivity contribution in [1.82, 2.24) is 5.32 Å². The van der Waals surface area contributed by atoms with Crippen LogP contribution in [0.1, 0.15) is 50.5 Å². The van der Waals surface area contributed by atoms with E-state index >= 15 is 0 Å². The second-order valence-electron chi connectivity index (χ2n) is 8.83. The Hall–Kier alpha value is -2.45. The summed E-state index contributed by atoms with van der Waals surface area (Å²) in [5.41, 5.74) is 7.22. The molecule has 33 heavy (non-hydrogen) atoms. The van der Waals surface area contributed by atoms with E-state index in [-0.39, 0.29) is 16.5 Å². The Morgan fingerprint density at radius 1 is 1.00 bits per heavy atom. The summed E-state index contributed by atoms with van der Waals surface area (Å²) in [4.78, 5) is 23.2. The Kier molecular flexibility index (Phi) is 9.69. The van der Waals surface area contributed by atoms with Crippen LogP contribution in [0.3, 0.4) is 0 Å². The zero-order valence-electron chi connectivity index (χ0n) is 18.9. The summed E-state index contributed by atoms with van der Waals surface area (Å²) in [6.07, 6.45) is 9.46. The van der Waals surface area contributed by atoms with Crippen LogP contribution in [0.4, 0.5) is 11.4 Å². The van der Waals surface area contributed by atoms with Gasteiger partial charge in [-0.05, 0) is 55.5 Å². The van der Waals surface area contributed by atoms with Crippen molar-refractivity contribution in [3.05, 3.63) is 68.7 Å². The minimum atomic E-state index is -0.340. The van der Waals surface area contributed by atoms with Crippen LogP contribution in [-0.4, -0.2) is 36.0 Å². The molecule has 1 atom stereocenters. The molecule has 1 aliphatic heterocycles. The van der Waals surface area contributed by atoms with Crippen LogP contribution in [0.5, 0.6) is 0 Å². The first-order valence-electron chi connectivity index (χ1n) is 11.7. The lowest BCUT2D eigenvalue weighted by Gasteiger charge is -2.37. The molecule has 3 N–H and O–H groups in total. The quantitative estimate of drug-likeness (QED) is 0.417. The van der Waals surface area contributed by atoms with E-state index in [9.17, 15) is 14.9 Å². The number of halogens is 1. The number of anilines is 1. The van der Waals surface area contributed by atoms with E-state index in [4.69, 9.17) is 5.73 Å². The van der Waals surface area contributed by atoms with Gasteiger partial charge in [0.1, 0.15) is 0 Å². The molecule has 1 amide bonds. The largest absolute Gasteiger partial charge is 0.370 e. The van der Waals surface area contributed by atoms with E-state index in [0.29, 0.717) is 18.5 Å². The van der Waals surface area contributed by atoms with Gasteiger partial charge in [-0.3, -0.25) is 14.9 Å². The van der Waals surface area contributed by atoms with E-state index in [2.05, 4.69) is 26.1 Å². The SMILES string of the molecule is NC(=O)Cc1ccc(Br)cc1.O=[N+]([O-])c1ccc(N2CCCC(NC3CCCCC3)C2)cc1. The van der Waals surface area contributed by atoms with Gasteiger partial charge in [0.25, 0.3) is 5.69 Å². The minimum absolute atomic E-state index is 0.164. The number of benzene rings is 2. The van der Waals surface area contributed by atoms with Gasteiger partial charge >= 0.3 is 0 Å². The zero-order chi connectivity index (χ0) is 23.6. The number of carbonyl (C=O) groups excluding carboxylic acids is 1. The second kappa shape index (κ2) is 12.7. The molecule has 2 aromatic rings. The lowest BCUT2D eigenvalue weighted by Crippen LogP contribution is -2.49. The molecule has 4 rings (SSSR count). The summed E-state index contributed by atoms with van der Waals surface area (Å²) in [6, 6.07) is 15.7. The molecule has 2 aromatic carbocycles. The van der Waals surface area contributed by atoms with Crippen molar-refractivity contribution >= 4 is 33.2 Å². The predicted octanol–water partition coefficient (Wildman–Crippen LogP) is 4.96.